The van der Waals surface area contributed by atoms with Crippen LogP contribution in [0.25, 0.3) is 0 Å². The van der Waals surface area contributed by atoms with E-state index in [1.807, 2.05) is 11.8 Å². The van der Waals surface area contributed by atoms with Crippen LogP contribution in [-0.4, -0.2) is 39.0 Å². The number of amides is 2. The van der Waals surface area contributed by atoms with Gasteiger partial charge in [-0.05, 0) is 54.9 Å². The summed E-state index contributed by atoms with van der Waals surface area (Å²) in [5, 5.41) is 0. The van der Waals surface area contributed by atoms with Gasteiger partial charge in [0.1, 0.15) is 0 Å². The van der Waals surface area contributed by atoms with Gasteiger partial charge in [0, 0.05) is 11.1 Å². The molecule has 0 aliphatic carbocycles. The molecule has 0 aromatic rings. The molecule has 3 nitrogen and oxygen atoms in total. The van der Waals surface area contributed by atoms with E-state index in [-0.39, 0.29) is 29.2 Å². The highest BCUT2D eigenvalue weighted by Crippen LogP contribution is 2.39. The molecular formula is C17H32N2O. The van der Waals surface area contributed by atoms with Crippen LogP contribution in [-0.2, 0) is 0 Å². The smallest absolute Gasteiger partial charge is 0.314 e. The van der Waals surface area contributed by atoms with Crippen LogP contribution in [0.4, 0.5) is 4.79 Å². The zero-order chi connectivity index (χ0) is 15.9. The normalized spacial score (nSPS) is 24.5. The summed E-state index contributed by atoms with van der Waals surface area (Å²) in [6.45, 7) is 21.1. The molecule has 0 aromatic heterocycles. The minimum absolute atomic E-state index is 0.113. The van der Waals surface area contributed by atoms with E-state index in [1.54, 1.807) is 0 Å². The van der Waals surface area contributed by atoms with Gasteiger partial charge < -0.3 is 9.80 Å². The first-order chi connectivity index (χ1) is 8.92. The minimum atomic E-state index is -0.188. The first kappa shape index (κ1) is 17.1. The monoisotopic (exact) mass is 280 g/mol. The van der Waals surface area contributed by atoms with Crippen LogP contribution in [0.15, 0.2) is 12.2 Å². The highest BCUT2D eigenvalue weighted by Gasteiger charge is 2.52. The van der Waals surface area contributed by atoms with Crippen molar-refractivity contribution in [3.63, 3.8) is 0 Å². The molecule has 0 N–H and O–H groups in total. The van der Waals surface area contributed by atoms with E-state index < -0.39 is 0 Å². The van der Waals surface area contributed by atoms with Gasteiger partial charge in [0.15, 0.2) is 0 Å². The van der Waals surface area contributed by atoms with E-state index in [0.29, 0.717) is 0 Å². The molecule has 1 rings (SSSR count). The Balaban J connectivity index is 3.35. The Morgan fingerprint density at radius 2 is 1.55 bits per heavy atom. The Morgan fingerprint density at radius 1 is 1.10 bits per heavy atom. The maximum absolute atomic E-state index is 13.0. The molecule has 3 heteroatoms. The quantitative estimate of drug-likeness (QED) is 0.701. The average molecular weight is 280 g/mol. The minimum Gasteiger partial charge on any atom is -0.314 e. The molecule has 0 spiro atoms. The third kappa shape index (κ3) is 3.02. The summed E-state index contributed by atoms with van der Waals surface area (Å²) in [5.41, 5.74) is 0.732. The van der Waals surface area contributed by atoms with Crippen LogP contribution in [0.2, 0.25) is 0 Å². The van der Waals surface area contributed by atoms with Crippen molar-refractivity contribution < 1.29 is 4.79 Å². The molecule has 2 amide bonds. The molecule has 1 aliphatic heterocycles. The number of hydrogen-bond donors (Lipinski definition) is 0. The lowest BCUT2D eigenvalue weighted by Crippen LogP contribution is -2.50. The van der Waals surface area contributed by atoms with Crippen LogP contribution in [0.5, 0.6) is 0 Å². The van der Waals surface area contributed by atoms with Gasteiger partial charge in [0.25, 0.3) is 0 Å². The lowest BCUT2D eigenvalue weighted by Gasteiger charge is -2.37. The van der Waals surface area contributed by atoms with Crippen LogP contribution in [0.3, 0.4) is 0 Å². The lowest BCUT2D eigenvalue weighted by molar-refractivity contribution is 0.121. The van der Waals surface area contributed by atoms with E-state index in [9.17, 15) is 4.79 Å². The Kier molecular flexibility index (Phi) is 4.62. The average Bonchev–Trinajstić information content (AvgIpc) is 2.50. The summed E-state index contributed by atoms with van der Waals surface area (Å²) in [6.07, 6.45) is 2.10. The van der Waals surface area contributed by atoms with Crippen molar-refractivity contribution in [2.45, 2.75) is 91.4 Å². The second-order valence-electron chi connectivity index (χ2n) is 8.01. The largest absolute Gasteiger partial charge is 0.321 e. The molecule has 1 saturated heterocycles. The Bertz CT molecular complexity index is 387. The molecular weight excluding hydrogens is 248 g/mol. The van der Waals surface area contributed by atoms with Crippen molar-refractivity contribution in [2.75, 3.05) is 0 Å². The molecule has 0 aromatic carbocycles. The number of hydrogen-bond acceptors (Lipinski definition) is 1. The molecule has 2 atom stereocenters. The highest BCUT2D eigenvalue weighted by atomic mass is 16.2. The Labute approximate surface area is 125 Å². The lowest BCUT2D eigenvalue weighted by atomic mass is 9.92. The Morgan fingerprint density at radius 3 is 1.85 bits per heavy atom. The standard InChI is InChI=1S/C17H32N2O/c1-10-11-13-14(12(2)3)19(17(7,8)9)15(20)18(13)16(4,5)6/h13-14H,2,10-11H2,1,3-9H3/t13-,14-/m0/s1. The van der Waals surface area contributed by atoms with E-state index >= 15 is 0 Å². The SMILES string of the molecule is C=C(C)[C@H]1[C@H](CCC)N(C(C)(C)C)C(=O)N1C(C)(C)C. The highest BCUT2D eigenvalue weighted by molar-refractivity contribution is 5.80. The predicted octanol–water partition coefficient (Wildman–Crippen LogP) is 4.43. The fourth-order valence-corrected chi connectivity index (χ4v) is 3.31. The molecule has 116 valence electrons. The topological polar surface area (TPSA) is 23.6 Å². The molecule has 1 aliphatic rings. The molecule has 1 heterocycles. The van der Waals surface area contributed by atoms with Crippen molar-refractivity contribution in [1.29, 1.82) is 0 Å². The first-order valence-corrected chi connectivity index (χ1v) is 7.71. The van der Waals surface area contributed by atoms with Crippen molar-refractivity contribution in [2.24, 2.45) is 0 Å². The molecule has 1 fully saturated rings. The van der Waals surface area contributed by atoms with Gasteiger partial charge in [0.05, 0.1) is 12.1 Å². The number of carbonyl (C=O) groups excluding carboxylic acids is 1. The van der Waals surface area contributed by atoms with Crippen LogP contribution >= 0.6 is 0 Å². The molecule has 20 heavy (non-hydrogen) atoms. The van der Waals surface area contributed by atoms with E-state index in [0.717, 1.165) is 18.4 Å². The fraction of sp³-hybridized carbons (Fsp3) is 0.824. The summed E-state index contributed by atoms with van der Waals surface area (Å²) in [5.74, 6) is 0. The van der Waals surface area contributed by atoms with Gasteiger partial charge in [0.2, 0.25) is 0 Å². The summed E-state index contributed by atoms with van der Waals surface area (Å²) in [6, 6.07) is 0.488. The number of carbonyl (C=O) groups is 1. The summed E-state index contributed by atoms with van der Waals surface area (Å²) in [7, 11) is 0. The van der Waals surface area contributed by atoms with Crippen molar-refractivity contribution >= 4 is 6.03 Å². The van der Waals surface area contributed by atoms with E-state index in [2.05, 4.69) is 59.9 Å². The summed E-state index contributed by atoms with van der Waals surface area (Å²) >= 11 is 0. The van der Waals surface area contributed by atoms with Crippen LogP contribution in [0, 0.1) is 0 Å². The van der Waals surface area contributed by atoms with Gasteiger partial charge in [-0.25, -0.2) is 4.79 Å². The van der Waals surface area contributed by atoms with Gasteiger partial charge in [-0.2, -0.15) is 0 Å². The summed E-state index contributed by atoms with van der Waals surface area (Å²) in [4.78, 5) is 17.1. The van der Waals surface area contributed by atoms with Crippen molar-refractivity contribution in [1.82, 2.24) is 9.80 Å². The number of urea groups is 1. The third-order valence-corrected chi connectivity index (χ3v) is 3.92. The third-order valence-electron chi connectivity index (χ3n) is 3.92. The predicted molar refractivity (Wildman–Crippen MR) is 85.9 cm³/mol. The summed E-state index contributed by atoms with van der Waals surface area (Å²) < 4.78 is 0. The molecule has 0 unspecified atom stereocenters. The van der Waals surface area contributed by atoms with Crippen molar-refractivity contribution in [3.8, 4) is 0 Å². The fourth-order valence-electron chi connectivity index (χ4n) is 3.31. The van der Waals surface area contributed by atoms with Gasteiger partial charge >= 0.3 is 6.03 Å². The Hall–Kier alpha value is -0.990. The van der Waals surface area contributed by atoms with E-state index in [1.165, 1.54) is 0 Å². The van der Waals surface area contributed by atoms with Gasteiger partial charge in [-0.1, -0.05) is 25.5 Å². The number of nitrogens with zero attached hydrogens (tertiary/aromatic N) is 2. The molecule has 0 bridgehead atoms. The van der Waals surface area contributed by atoms with Crippen molar-refractivity contribution in [3.05, 3.63) is 12.2 Å². The van der Waals surface area contributed by atoms with Gasteiger partial charge in [-0.15, -0.1) is 0 Å². The zero-order valence-corrected chi connectivity index (χ0v) is 14.6. The first-order valence-electron chi connectivity index (χ1n) is 7.71. The molecule has 0 radical (unpaired) electrons. The molecule has 0 saturated carbocycles. The second-order valence-corrected chi connectivity index (χ2v) is 8.01. The zero-order valence-electron chi connectivity index (χ0n) is 14.6. The number of rotatable bonds is 3. The van der Waals surface area contributed by atoms with Gasteiger partial charge in [-0.3, -0.25) is 0 Å². The van der Waals surface area contributed by atoms with Crippen LogP contribution in [0.1, 0.15) is 68.2 Å². The maximum Gasteiger partial charge on any atom is 0.321 e. The second kappa shape index (κ2) is 5.42. The van der Waals surface area contributed by atoms with Crippen LogP contribution < -0.4 is 0 Å². The maximum atomic E-state index is 13.0. The van der Waals surface area contributed by atoms with E-state index in [4.69, 9.17) is 0 Å².